The van der Waals surface area contributed by atoms with E-state index in [1.54, 1.807) is 11.0 Å². The van der Waals surface area contributed by atoms with Gasteiger partial charge in [-0.15, -0.1) is 0 Å². The third-order valence-corrected chi connectivity index (χ3v) is 6.92. The number of fused-ring (bicyclic) bond motifs is 5. The number of halogens is 1. The highest BCUT2D eigenvalue weighted by molar-refractivity contribution is 7.88. The summed E-state index contributed by atoms with van der Waals surface area (Å²) in [6.45, 7) is 0.391. The maximum absolute atomic E-state index is 14.5. The Hall–Kier alpha value is -1.71. The van der Waals surface area contributed by atoms with Crippen LogP contribution in [0.1, 0.15) is 43.6 Å². The lowest BCUT2D eigenvalue weighted by Crippen LogP contribution is -2.50. The number of nitrogens with zero attached hydrogens (tertiary/aromatic N) is 1. The average molecular weight is 427 g/mol. The second kappa shape index (κ2) is 8.20. The first-order valence-corrected chi connectivity index (χ1v) is 12.0. The molecule has 0 spiro atoms. The molecule has 1 aromatic rings. The number of carbonyl (C=O) groups excluding carboxylic acids is 1. The first-order chi connectivity index (χ1) is 13.8. The van der Waals surface area contributed by atoms with Gasteiger partial charge in [0.15, 0.2) is 18.2 Å². The minimum absolute atomic E-state index is 0.0568. The summed E-state index contributed by atoms with van der Waals surface area (Å²) < 4.78 is 52.4. The summed E-state index contributed by atoms with van der Waals surface area (Å²) in [6.07, 6.45) is 5.07. The number of hydrogen-bond acceptors (Lipinski definition) is 5. The van der Waals surface area contributed by atoms with Gasteiger partial charge in [0.25, 0.3) is 5.91 Å². The van der Waals surface area contributed by atoms with E-state index in [1.807, 2.05) is 6.07 Å². The molecule has 0 radical (unpaired) electrons. The van der Waals surface area contributed by atoms with Crippen molar-refractivity contribution in [3.63, 3.8) is 0 Å². The van der Waals surface area contributed by atoms with Crippen LogP contribution in [-0.2, 0) is 19.6 Å². The highest BCUT2D eigenvalue weighted by Crippen LogP contribution is 2.40. The van der Waals surface area contributed by atoms with Crippen LogP contribution in [0.4, 0.5) is 4.39 Å². The Morgan fingerprint density at radius 3 is 2.66 bits per heavy atom. The summed E-state index contributed by atoms with van der Waals surface area (Å²) in [5.74, 6) is -0.419. The molecule has 5 rings (SSSR count). The molecule has 0 unspecified atom stereocenters. The van der Waals surface area contributed by atoms with Crippen molar-refractivity contribution in [1.29, 1.82) is 0 Å². The molecular weight excluding hydrogens is 399 g/mol. The first-order valence-electron chi connectivity index (χ1n) is 10.1. The minimum Gasteiger partial charge on any atom is -0.480 e. The van der Waals surface area contributed by atoms with Gasteiger partial charge >= 0.3 is 0 Å². The molecule has 0 aromatic heterocycles. The van der Waals surface area contributed by atoms with Crippen LogP contribution < -0.4 is 9.46 Å². The van der Waals surface area contributed by atoms with Crippen molar-refractivity contribution in [2.45, 2.75) is 56.2 Å². The largest absolute Gasteiger partial charge is 0.480 e. The highest BCUT2D eigenvalue weighted by atomic mass is 32.2. The van der Waals surface area contributed by atoms with Crippen LogP contribution >= 0.6 is 0 Å². The monoisotopic (exact) mass is 426 g/mol. The minimum atomic E-state index is -3.41. The van der Waals surface area contributed by atoms with E-state index in [2.05, 4.69) is 4.72 Å². The molecule has 1 aliphatic carbocycles. The lowest BCUT2D eigenvalue weighted by molar-refractivity contribution is -0.136. The van der Waals surface area contributed by atoms with Crippen molar-refractivity contribution in [2.75, 3.05) is 26.0 Å². The van der Waals surface area contributed by atoms with Crippen LogP contribution in [0.15, 0.2) is 18.2 Å². The second-order valence-electron chi connectivity index (χ2n) is 8.19. The summed E-state index contributed by atoms with van der Waals surface area (Å²) in [5, 5.41) is 0. The lowest BCUT2D eigenvalue weighted by Gasteiger charge is -2.32. The fourth-order valence-corrected chi connectivity index (χ4v) is 5.60. The smallest absolute Gasteiger partial charge is 0.260 e. The number of amides is 1. The number of ether oxygens (including phenoxy) is 2. The van der Waals surface area contributed by atoms with Gasteiger partial charge in [-0.2, -0.15) is 0 Å². The molecule has 7 nitrogen and oxygen atoms in total. The average Bonchev–Trinajstić information content (AvgIpc) is 3.06. The van der Waals surface area contributed by atoms with Crippen molar-refractivity contribution < 1.29 is 27.1 Å². The zero-order valence-electron chi connectivity index (χ0n) is 16.5. The number of nitrogens with one attached hydrogen (secondary N) is 1. The fraction of sp³-hybridized carbons (Fsp3) is 0.650. The number of carbonyl (C=O) groups is 1. The Bertz CT molecular complexity index is 870. The predicted octanol–water partition coefficient (Wildman–Crippen LogP) is 1.78. The molecule has 1 N–H and O–H groups in total. The van der Waals surface area contributed by atoms with E-state index >= 15 is 0 Å². The lowest BCUT2D eigenvalue weighted by atomic mass is 9.82. The Morgan fingerprint density at radius 1 is 1.17 bits per heavy atom. The molecule has 29 heavy (non-hydrogen) atoms. The van der Waals surface area contributed by atoms with Gasteiger partial charge in [0.1, 0.15) is 0 Å². The van der Waals surface area contributed by atoms with E-state index in [0.29, 0.717) is 13.0 Å². The van der Waals surface area contributed by atoms with Crippen molar-refractivity contribution in [1.82, 2.24) is 9.62 Å². The Kier molecular flexibility index (Phi) is 5.81. The van der Waals surface area contributed by atoms with E-state index in [-0.39, 0.29) is 36.9 Å². The van der Waals surface area contributed by atoms with Crippen LogP contribution in [0, 0.1) is 5.82 Å². The third-order valence-electron chi connectivity index (χ3n) is 6.19. The summed E-state index contributed by atoms with van der Waals surface area (Å²) >= 11 is 0. The molecule has 1 aromatic carbocycles. The summed E-state index contributed by atoms with van der Waals surface area (Å²) in [5.41, 5.74) is 0.810. The van der Waals surface area contributed by atoms with Gasteiger partial charge in [0, 0.05) is 18.2 Å². The van der Waals surface area contributed by atoms with Crippen LogP contribution in [0.3, 0.4) is 0 Å². The van der Waals surface area contributed by atoms with Crippen molar-refractivity contribution >= 4 is 15.9 Å². The number of sulfonamides is 1. The number of benzene rings is 1. The Morgan fingerprint density at radius 2 is 1.93 bits per heavy atom. The van der Waals surface area contributed by atoms with E-state index in [9.17, 15) is 17.6 Å². The molecule has 2 fully saturated rings. The predicted molar refractivity (Wildman–Crippen MR) is 105 cm³/mol. The van der Waals surface area contributed by atoms with Crippen LogP contribution in [0.5, 0.6) is 5.75 Å². The third kappa shape index (κ3) is 4.57. The molecule has 4 aliphatic rings. The van der Waals surface area contributed by atoms with Gasteiger partial charge in [-0.1, -0.05) is 12.1 Å². The molecular formula is C20H27FN2O5S. The molecule has 1 amide bonds. The molecule has 3 aliphatic heterocycles. The number of hydrogen-bond donors (Lipinski definition) is 1. The van der Waals surface area contributed by atoms with E-state index < -0.39 is 27.9 Å². The standard InChI is InChI=1S/C20H27FN2O5S/c1-29(25,26)22-17-9-10-23-18(17)11-27-14-7-5-13(6-8-14)15-3-2-4-16(21)20(15)28-12-19(23)24/h2-4,13-14,17-18,22H,5-12H2,1H3/t13-,14+,17-,18-/m0/s1. The maximum atomic E-state index is 14.5. The van der Waals surface area contributed by atoms with E-state index in [1.165, 1.54) is 6.07 Å². The molecule has 3 heterocycles. The van der Waals surface area contributed by atoms with Gasteiger partial charge in [0.05, 0.1) is 25.0 Å². The molecule has 1 saturated carbocycles. The molecule has 2 bridgehead atoms. The number of rotatable bonds is 2. The molecule has 2 atom stereocenters. The van der Waals surface area contributed by atoms with Gasteiger partial charge in [-0.3, -0.25) is 4.79 Å². The summed E-state index contributed by atoms with van der Waals surface area (Å²) in [4.78, 5) is 14.5. The molecule has 1 saturated heterocycles. The SMILES string of the molecule is CS(=O)(=O)N[C@H]1CCN2C(=O)COc3c(F)cccc3[C@H]3CC[C@H](CC3)OC[C@@H]12. The molecule has 9 heteroatoms. The maximum Gasteiger partial charge on any atom is 0.260 e. The Balaban J connectivity index is 1.62. The van der Waals surface area contributed by atoms with Gasteiger partial charge in [-0.05, 0) is 44.1 Å². The Labute approximate surface area is 170 Å². The van der Waals surface area contributed by atoms with Crippen LogP contribution in [0.2, 0.25) is 0 Å². The van der Waals surface area contributed by atoms with Crippen LogP contribution in [-0.4, -0.2) is 63.4 Å². The fourth-order valence-electron chi connectivity index (χ4n) is 4.77. The summed E-state index contributed by atoms with van der Waals surface area (Å²) in [7, 11) is -3.41. The van der Waals surface area contributed by atoms with Crippen molar-refractivity contribution in [3.05, 3.63) is 29.6 Å². The van der Waals surface area contributed by atoms with Gasteiger partial charge < -0.3 is 14.4 Å². The number of para-hydroxylation sites is 1. The van der Waals surface area contributed by atoms with Crippen molar-refractivity contribution in [2.24, 2.45) is 0 Å². The first kappa shape index (κ1) is 20.6. The van der Waals surface area contributed by atoms with Gasteiger partial charge in [0.2, 0.25) is 10.0 Å². The van der Waals surface area contributed by atoms with Crippen molar-refractivity contribution in [3.8, 4) is 5.75 Å². The quantitative estimate of drug-likeness (QED) is 0.779. The molecule has 160 valence electrons. The summed E-state index contributed by atoms with van der Waals surface area (Å²) in [6, 6.07) is 4.09. The highest BCUT2D eigenvalue weighted by Gasteiger charge is 2.40. The normalized spacial score (nSPS) is 30.6. The van der Waals surface area contributed by atoms with E-state index in [4.69, 9.17) is 9.47 Å². The zero-order chi connectivity index (χ0) is 20.6. The van der Waals surface area contributed by atoms with Gasteiger partial charge in [-0.25, -0.2) is 17.5 Å². The second-order valence-corrected chi connectivity index (χ2v) is 9.97. The topological polar surface area (TPSA) is 84.9 Å². The zero-order valence-corrected chi connectivity index (χ0v) is 17.3. The van der Waals surface area contributed by atoms with E-state index in [0.717, 1.165) is 37.5 Å². The van der Waals surface area contributed by atoms with Crippen LogP contribution in [0.25, 0.3) is 0 Å².